The summed E-state index contributed by atoms with van der Waals surface area (Å²) in [4.78, 5) is 52.4. The number of para-hydroxylation sites is 1. The summed E-state index contributed by atoms with van der Waals surface area (Å²) in [6, 6.07) is 16.1. The van der Waals surface area contributed by atoms with Crippen LogP contribution in [0.15, 0.2) is 64.2 Å². The first-order valence-electron chi connectivity index (χ1n) is 13.7. The molecule has 10 heteroatoms. The van der Waals surface area contributed by atoms with Gasteiger partial charge in [-0.3, -0.25) is 23.5 Å². The topological polar surface area (TPSA) is 121 Å². The lowest BCUT2D eigenvalue weighted by atomic mass is 10.1. The number of amides is 2. The largest absolute Gasteiger partial charge is 0.493 e. The summed E-state index contributed by atoms with van der Waals surface area (Å²) < 4.78 is 12.9. The van der Waals surface area contributed by atoms with Crippen LogP contribution in [-0.4, -0.2) is 41.7 Å². The lowest BCUT2D eigenvalue weighted by Crippen LogP contribution is -2.42. The summed E-state index contributed by atoms with van der Waals surface area (Å²) in [5, 5.41) is 6.04. The number of rotatable bonds is 11. The second-order valence-corrected chi connectivity index (χ2v) is 10.2. The van der Waals surface area contributed by atoms with Crippen molar-refractivity contribution in [2.24, 2.45) is 0 Å². The minimum Gasteiger partial charge on any atom is -0.493 e. The average Bonchev–Trinajstić information content (AvgIpc) is 2.97. The molecule has 220 valence electrons. The van der Waals surface area contributed by atoms with Crippen LogP contribution in [-0.2, 0) is 29.1 Å². The van der Waals surface area contributed by atoms with E-state index in [9.17, 15) is 19.2 Å². The number of hydrogen-bond acceptors (Lipinski definition) is 6. The number of nitrogens with one attached hydrogen (secondary N) is 2. The van der Waals surface area contributed by atoms with Crippen LogP contribution in [0.3, 0.4) is 0 Å². The van der Waals surface area contributed by atoms with E-state index in [0.29, 0.717) is 41.1 Å². The monoisotopic (exact) mass is 572 g/mol. The van der Waals surface area contributed by atoms with Crippen molar-refractivity contribution in [2.45, 2.75) is 46.7 Å². The van der Waals surface area contributed by atoms with Gasteiger partial charge in [-0.2, -0.15) is 0 Å². The third kappa shape index (κ3) is 6.71. The number of carbonyl (C=O) groups excluding carboxylic acids is 2. The molecule has 4 rings (SSSR count). The first-order valence-corrected chi connectivity index (χ1v) is 13.7. The molecule has 2 N–H and O–H groups in total. The number of anilines is 1. The zero-order valence-electron chi connectivity index (χ0n) is 24.6. The molecule has 0 aliphatic carbocycles. The summed E-state index contributed by atoms with van der Waals surface area (Å²) in [7, 11) is 3.12. The average molecular weight is 573 g/mol. The van der Waals surface area contributed by atoms with E-state index in [1.165, 1.54) is 4.57 Å². The van der Waals surface area contributed by atoms with E-state index in [1.54, 1.807) is 44.6 Å². The number of carbonyl (C=O) groups is 2. The standard InChI is InChI=1S/C32H36N4O6/c1-20-16-21(2)30(22(3)17-20)34-29(38)19-36-25-9-7-6-8-24(25)31(39)35(32(36)40)15-13-28(37)33-14-12-23-10-11-26(41-4)27(18-23)42-5/h6-11,16-18H,12-15,19H2,1-5H3,(H,33,37)(H,34,38). The van der Waals surface area contributed by atoms with Crippen LogP contribution < -0.4 is 31.4 Å². The molecule has 0 unspecified atom stereocenters. The molecule has 0 fully saturated rings. The van der Waals surface area contributed by atoms with Crippen molar-refractivity contribution < 1.29 is 19.1 Å². The molecule has 0 aliphatic rings. The van der Waals surface area contributed by atoms with E-state index in [0.717, 1.165) is 26.8 Å². The third-order valence-corrected chi connectivity index (χ3v) is 7.12. The minimum absolute atomic E-state index is 0.0760. The summed E-state index contributed by atoms with van der Waals surface area (Å²) in [6.45, 7) is 5.77. The maximum absolute atomic E-state index is 13.5. The molecule has 0 spiro atoms. The van der Waals surface area contributed by atoms with Gasteiger partial charge in [-0.1, -0.05) is 35.9 Å². The Labute approximate surface area is 243 Å². The van der Waals surface area contributed by atoms with Gasteiger partial charge in [0.25, 0.3) is 5.56 Å². The molecule has 3 aromatic carbocycles. The highest BCUT2D eigenvalue weighted by molar-refractivity contribution is 5.93. The molecular weight excluding hydrogens is 536 g/mol. The second kappa shape index (κ2) is 13.2. The van der Waals surface area contributed by atoms with Crippen molar-refractivity contribution in [3.8, 4) is 11.5 Å². The number of ether oxygens (including phenoxy) is 2. The van der Waals surface area contributed by atoms with Crippen LogP contribution >= 0.6 is 0 Å². The van der Waals surface area contributed by atoms with Crippen molar-refractivity contribution in [1.82, 2.24) is 14.5 Å². The van der Waals surface area contributed by atoms with Crippen LogP contribution in [0, 0.1) is 20.8 Å². The van der Waals surface area contributed by atoms with Crippen molar-refractivity contribution in [1.29, 1.82) is 0 Å². The van der Waals surface area contributed by atoms with E-state index in [1.807, 2.05) is 45.0 Å². The molecule has 2 amide bonds. The molecule has 0 bridgehead atoms. The molecule has 4 aromatic rings. The maximum atomic E-state index is 13.5. The molecule has 1 heterocycles. The van der Waals surface area contributed by atoms with Crippen LogP contribution in [0.5, 0.6) is 11.5 Å². The molecular formula is C32H36N4O6. The number of methoxy groups -OCH3 is 2. The summed E-state index contributed by atoms with van der Waals surface area (Å²) in [5.74, 6) is 0.528. The Morgan fingerprint density at radius 2 is 1.52 bits per heavy atom. The van der Waals surface area contributed by atoms with E-state index in [4.69, 9.17) is 9.47 Å². The fourth-order valence-electron chi connectivity index (χ4n) is 5.10. The fourth-order valence-corrected chi connectivity index (χ4v) is 5.10. The van der Waals surface area contributed by atoms with Crippen LogP contribution in [0.2, 0.25) is 0 Å². The van der Waals surface area contributed by atoms with Gasteiger partial charge in [0.2, 0.25) is 11.8 Å². The predicted molar refractivity (Wildman–Crippen MR) is 163 cm³/mol. The molecule has 1 aromatic heterocycles. The van der Waals surface area contributed by atoms with Crippen LogP contribution in [0.25, 0.3) is 10.9 Å². The number of hydrogen-bond donors (Lipinski definition) is 2. The van der Waals surface area contributed by atoms with Gasteiger partial charge in [-0.15, -0.1) is 0 Å². The van der Waals surface area contributed by atoms with Gasteiger partial charge in [0.1, 0.15) is 6.54 Å². The predicted octanol–water partition coefficient (Wildman–Crippen LogP) is 3.49. The molecule has 0 aliphatic heterocycles. The maximum Gasteiger partial charge on any atom is 0.331 e. The Morgan fingerprint density at radius 3 is 2.21 bits per heavy atom. The summed E-state index contributed by atoms with van der Waals surface area (Å²) in [5.41, 5.74) is 3.77. The smallest absolute Gasteiger partial charge is 0.331 e. The zero-order valence-corrected chi connectivity index (χ0v) is 24.6. The Morgan fingerprint density at radius 1 is 0.833 bits per heavy atom. The highest BCUT2D eigenvalue weighted by Gasteiger charge is 2.17. The van der Waals surface area contributed by atoms with E-state index in [2.05, 4.69) is 10.6 Å². The Balaban J connectivity index is 1.48. The van der Waals surface area contributed by atoms with Gasteiger partial charge in [0.05, 0.1) is 25.1 Å². The Kier molecular flexibility index (Phi) is 9.46. The van der Waals surface area contributed by atoms with Gasteiger partial charge in [-0.25, -0.2) is 4.79 Å². The van der Waals surface area contributed by atoms with Crippen molar-refractivity contribution in [3.63, 3.8) is 0 Å². The second-order valence-electron chi connectivity index (χ2n) is 10.2. The fraction of sp³-hybridized carbons (Fsp3) is 0.312. The molecule has 10 nitrogen and oxygen atoms in total. The molecule has 0 saturated carbocycles. The Bertz CT molecular complexity index is 1730. The van der Waals surface area contributed by atoms with E-state index in [-0.39, 0.29) is 25.4 Å². The van der Waals surface area contributed by atoms with Gasteiger partial charge in [0.15, 0.2) is 11.5 Å². The van der Waals surface area contributed by atoms with Gasteiger partial charge in [-0.05, 0) is 68.1 Å². The number of aromatic nitrogens is 2. The first-order chi connectivity index (χ1) is 20.1. The number of fused-ring (bicyclic) bond motifs is 1. The van der Waals surface area contributed by atoms with Crippen LogP contribution in [0.1, 0.15) is 28.7 Å². The Hall–Kier alpha value is -4.86. The summed E-state index contributed by atoms with van der Waals surface area (Å²) in [6.07, 6.45) is 0.483. The van der Waals surface area contributed by atoms with Crippen LogP contribution in [0.4, 0.5) is 5.69 Å². The third-order valence-electron chi connectivity index (χ3n) is 7.12. The SMILES string of the molecule is COc1ccc(CCNC(=O)CCn2c(=O)c3ccccc3n(CC(=O)Nc3c(C)cc(C)cc3C)c2=O)cc1OC. The molecule has 0 atom stereocenters. The molecule has 0 saturated heterocycles. The van der Waals surface area contributed by atoms with Crippen molar-refractivity contribution in [2.75, 3.05) is 26.1 Å². The number of benzene rings is 3. The normalized spacial score (nSPS) is 10.9. The highest BCUT2D eigenvalue weighted by Crippen LogP contribution is 2.27. The summed E-state index contributed by atoms with van der Waals surface area (Å²) >= 11 is 0. The lowest BCUT2D eigenvalue weighted by Gasteiger charge is -2.16. The highest BCUT2D eigenvalue weighted by atomic mass is 16.5. The van der Waals surface area contributed by atoms with Gasteiger partial charge in [0, 0.05) is 25.2 Å². The van der Waals surface area contributed by atoms with Gasteiger partial charge >= 0.3 is 5.69 Å². The first kappa shape index (κ1) is 30.1. The quantitative estimate of drug-likeness (QED) is 0.284. The lowest BCUT2D eigenvalue weighted by molar-refractivity contribution is -0.121. The van der Waals surface area contributed by atoms with Gasteiger partial charge < -0.3 is 20.1 Å². The minimum atomic E-state index is -0.649. The van der Waals surface area contributed by atoms with Crippen molar-refractivity contribution >= 4 is 28.4 Å². The zero-order chi connectivity index (χ0) is 30.4. The molecule has 0 radical (unpaired) electrons. The van der Waals surface area contributed by atoms with E-state index < -0.39 is 17.2 Å². The van der Waals surface area contributed by atoms with E-state index >= 15 is 0 Å². The van der Waals surface area contributed by atoms with Crippen molar-refractivity contribution in [3.05, 3.63) is 97.7 Å². The number of aryl methyl sites for hydroxylation is 3. The number of nitrogens with zero attached hydrogens (tertiary/aromatic N) is 2. The molecule has 42 heavy (non-hydrogen) atoms.